The summed E-state index contributed by atoms with van der Waals surface area (Å²) in [6.07, 6.45) is 2.13. The number of nitrogens with one attached hydrogen (secondary N) is 1. The molecule has 0 atom stereocenters. The van der Waals surface area contributed by atoms with Gasteiger partial charge in [-0.25, -0.2) is 4.68 Å². The molecule has 2 N–H and O–H groups in total. The lowest BCUT2D eigenvalue weighted by Gasteiger charge is -2.20. The molecule has 1 aromatic carbocycles. The minimum absolute atomic E-state index is 0.0931. The number of nitrogens with zero attached hydrogens (tertiary/aromatic N) is 7. The Labute approximate surface area is 192 Å². The van der Waals surface area contributed by atoms with Crippen molar-refractivity contribution in [3.63, 3.8) is 0 Å². The Morgan fingerprint density at radius 1 is 1.36 bits per heavy atom. The van der Waals surface area contributed by atoms with Gasteiger partial charge in [0.1, 0.15) is 16.2 Å². The summed E-state index contributed by atoms with van der Waals surface area (Å²) in [6.45, 7) is 4.26. The maximum Gasteiger partial charge on any atom is 0.286 e. The summed E-state index contributed by atoms with van der Waals surface area (Å²) >= 11 is 1.21. The molecule has 14 heteroatoms. The first-order valence-electron chi connectivity index (χ1n) is 9.75. The van der Waals surface area contributed by atoms with Gasteiger partial charge in [0.15, 0.2) is 11.6 Å². The third-order valence-electron chi connectivity index (χ3n) is 4.82. The maximum absolute atomic E-state index is 13.2. The van der Waals surface area contributed by atoms with E-state index in [0.29, 0.717) is 11.3 Å². The predicted molar refractivity (Wildman–Crippen MR) is 123 cm³/mol. The highest BCUT2D eigenvalue weighted by atomic mass is 32.2. The van der Waals surface area contributed by atoms with Gasteiger partial charge in [-0.3, -0.25) is 9.78 Å². The molecule has 0 unspecified atom stereocenters. The zero-order valence-corrected chi connectivity index (χ0v) is 19.1. The monoisotopic (exact) mass is 486 g/mol. The molecule has 0 aliphatic carbocycles. The average Bonchev–Trinajstić information content (AvgIpc) is 3.28. The van der Waals surface area contributed by atoms with Crippen LogP contribution in [0.15, 0.2) is 49.1 Å². The van der Waals surface area contributed by atoms with E-state index in [1.807, 2.05) is 13.8 Å². The number of benzene rings is 1. The van der Waals surface area contributed by atoms with E-state index in [0.717, 1.165) is 0 Å². The highest BCUT2D eigenvalue weighted by molar-refractivity contribution is 7.90. The minimum Gasteiger partial charge on any atom is -0.505 e. The quantitative estimate of drug-likeness (QED) is 0.304. The summed E-state index contributed by atoms with van der Waals surface area (Å²) in [6, 6.07) is 3.99. The zero-order valence-electron chi connectivity index (χ0n) is 17.5. The van der Waals surface area contributed by atoms with Crippen molar-refractivity contribution in [2.45, 2.75) is 31.7 Å². The molecule has 0 radical (unpaired) electrons. The van der Waals surface area contributed by atoms with Crippen LogP contribution >= 0.6 is 11.3 Å². The van der Waals surface area contributed by atoms with E-state index >= 15 is 0 Å². The lowest BCUT2D eigenvalue weighted by molar-refractivity contribution is 0.444. The number of thiazole rings is 1. The molecule has 3 heterocycles. The summed E-state index contributed by atoms with van der Waals surface area (Å²) in [5.74, 6) is -0.542. The third kappa shape index (κ3) is 4.31. The zero-order chi connectivity index (χ0) is 23.8. The standard InChI is InChI=1S/C19H18N8O4S2/c1-10(2)5-6-27-19(29)15(17(28)16(24-27)13-8-21-9-32-13)18-22-12-4-3-11(23-26-20)7-14(12)33(30,31)25-18/h3-4,7-10,28H,5-6H2,1-2H3,(H,22,25). The van der Waals surface area contributed by atoms with Crippen LogP contribution < -0.4 is 10.9 Å². The van der Waals surface area contributed by atoms with Crippen LogP contribution in [0, 0.1) is 5.92 Å². The number of aromatic nitrogens is 3. The topological polar surface area (TPSA) is 175 Å². The number of amidine groups is 1. The van der Waals surface area contributed by atoms with Gasteiger partial charge in [-0.2, -0.15) is 13.5 Å². The Bertz CT molecular complexity index is 1470. The second-order valence-electron chi connectivity index (χ2n) is 7.56. The predicted octanol–water partition coefficient (Wildman–Crippen LogP) is 3.62. The van der Waals surface area contributed by atoms with Crippen molar-refractivity contribution in [3.8, 4) is 16.3 Å². The van der Waals surface area contributed by atoms with Crippen LogP contribution in [0.1, 0.15) is 25.8 Å². The van der Waals surface area contributed by atoms with Gasteiger partial charge in [0, 0.05) is 23.3 Å². The Hall–Kier alpha value is -3.74. The van der Waals surface area contributed by atoms with Gasteiger partial charge in [-0.05, 0) is 30.0 Å². The molecular weight excluding hydrogens is 468 g/mol. The smallest absolute Gasteiger partial charge is 0.286 e. The highest BCUT2D eigenvalue weighted by Gasteiger charge is 2.31. The van der Waals surface area contributed by atoms with Crippen LogP contribution in [0.2, 0.25) is 0 Å². The van der Waals surface area contributed by atoms with Gasteiger partial charge in [-0.1, -0.05) is 25.0 Å². The van der Waals surface area contributed by atoms with Crippen molar-refractivity contribution in [3.05, 3.63) is 56.3 Å². The van der Waals surface area contributed by atoms with Gasteiger partial charge in [0.05, 0.1) is 16.1 Å². The lowest BCUT2D eigenvalue weighted by Crippen LogP contribution is -2.34. The Balaban J connectivity index is 1.91. The molecule has 33 heavy (non-hydrogen) atoms. The molecule has 0 spiro atoms. The van der Waals surface area contributed by atoms with Crippen LogP contribution in [0.25, 0.3) is 21.0 Å². The minimum atomic E-state index is -4.27. The normalized spacial score (nSPS) is 14.2. The second-order valence-corrected chi connectivity index (χ2v) is 10.0. The second kappa shape index (κ2) is 8.65. The van der Waals surface area contributed by atoms with E-state index in [4.69, 9.17) is 5.53 Å². The summed E-state index contributed by atoms with van der Waals surface area (Å²) < 4.78 is 30.7. The van der Waals surface area contributed by atoms with Crippen LogP contribution in [0.3, 0.4) is 0 Å². The number of hydrogen-bond acceptors (Lipinski definition) is 9. The van der Waals surface area contributed by atoms with Crippen molar-refractivity contribution < 1.29 is 13.5 Å². The van der Waals surface area contributed by atoms with Crippen LogP contribution in [0.4, 0.5) is 11.4 Å². The van der Waals surface area contributed by atoms with E-state index in [2.05, 4.69) is 29.8 Å². The maximum atomic E-state index is 13.2. The molecular formula is C19H18N8O4S2. The largest absolute Gasteiger partial charge is 0.505 e. The Kier molecular flexibility index (Phi) is 5.89. The molecule has 12 nitrogen and oxygen atoms in total. The van der Waals surface area contributed by atoms with Gasteiger partial charge < -0.3 is 10.4 Å². The van der Waals surface area contributed by atoms with Crippen molar-refractivity contribution in [2.24, 2.45) is 15.4 Å². The number of aromatic hydroxyl groups is 1. The number of fused-ring (bicyclic) bond motifs is 1. The van der Waals surface area contributed by atoms with E-state index < -0.39 is 21.3 Å². The molecule has 1 aliphatic rings. The van der Waals surface area contributed by atoms with Crippen molar-refractivity contribution in [2.75, 3.05) is 5.32 Å². The molecule has 3 aromatic rings. The number of rotatable bonds is 6. The van der Waals surface area contributed by atoms with E-state index in [9.17, 15) is 18.3 Å². The lowest BCUT2D eigenvalue weighted by atomic mass is 10.1. The molecule has 0 fully saturated rings. The summed E-state index contributed by atoms with van der Waals surface area (Å²) in [5.41, 5.74) is 9.48. The molecule has 0 amide bonds. The molecule has 0 saturated carbocycles. The SMILES string of the molecule is CC(C)CCn1nc(-c2cncs2)c(O)c(C2=NS(=O)(=O)c3cc(N=[N+]=[N-])ccc3N2)c1=O. The van der Waals surface area contributed by atoms with Crippen LogP contribution in [-0.4, -0.2) is 34.1 Å². The number of aryl methyl sites for hydroxylation is 1. The molecule has 0 saturated heterocycles. The Morgan fingerprint density at radius 2 is 2.15 bits per heavy atom. The van der Waals surface area contributed by atoms with Gasteiger partial charge in [0.25, 0.3) is 15.6 Å². The van der Waals surface area contributed by atoms with Crippen molar-refractivity contribution >= 4 is 38.6 Å². The number of sulfonamides is 1. The molecule has 2 aromatic heterocycles. The highest BCUT2D eigenvalue weighted by Crippen LogP contribution is 2.35. The number of hydrogen-bond donors (Lipinski definition) is 2. The fourth-order valence-corrected chi connectivity index (χ4v) is 4.92. The first-order valence-corrected chi connectivity index (χ1v) is 12.1. The van der Waals surface area contributed by atoms with Crippen molar-refractivity contribution in [1.82, 2.24) is 14.8 Å². The fourth-order valence-electron chi connectivity index (χ4n) is 3.18. The van der Waals surface area contributed by atoms with E-state index in [1.54, 1.807) is 5.51 Å². The van der Waals surface area contributed by atoms with Crippen molar-refractivity contribution in [1.29, 1.82) is 0 Å². The Morgan fingerprint density at radius 3 is 2.82 bits per heavy atom. The van der Waals surface area contributed by atoms with Crippen LogP contribution in [-0.2, 0) is 16.6 Å². The van der Waals surface area contributed by atoms with Gasteiger partial charge >= 0.3 is 0 Å². The number of anilines is 1. The summed E-state index contributed by atoms with van der Waals surface area (Å²) in [7, 11) is -4.27. The molecule has 0 bridgehead atoms. The first-order chi connectivity index (χ1) is 15.7. The molecule has 4 rings (SSSR count). The number of azide groups is 1. The summed E-state index contributed by atoms with van der Waals surface area (Å²) in [4.78, 5) is 20.2. The van der Waals surface area contributed by atoms with E-state index in [1.165, 1.54) is 40.4 Å². The van der Waals surface area contributed by atoms with E-state index in [-0.39, 0.29) is 45.8 Å². The first kappa shape index (κ1) is 22.5. The average molecular weight is 487 g/mol. The summed E-state index contributed by atoms with van der Waals surface area (Å²) in [5, 5.41) is 21.5. The molecule has 1 aliphatic heterocycles. The molecule has 170 valence electrons. The van der Waals surface area contributed by atoms with Gasteiger partial charge in [0.2, 0.25) is 0 Å². The fraction of sp³-hybridized carbons (Fsp3) is 0.263. The third-order valence-corrected chi connectivity index (χ3v) is 6.92. The van der Waals surface area contributed by atoms with Crippen LogP contribution in [0.5, 0.6) is 5.75 Å². The van der Waals surface area contributed by atoms with Gasteiger partial charge in [-0.15, -0.1) is 15.7 Å².